The van der Waals surface area contributed by atoms with E-state index in [4.69, 9.17) is 32.3 Å². The summed E-state index contributed by atoms with van der Waals surface area (Å²) in [4.78, 5) is -1.22. The first-order chi connectivity index (χ1) is 6.11. The molecule has 1 aliphatic rings. The molecule has 13 heavy (non-hydrogen) atoms. The SMILES string of the molecule is COc1ccc2c(c1)SP(=S)(Cl)O2. The van der Waals surface area contributed by atoms with Crippen LogP contribution >= 0.6 is 27.4 Å². The Labute approximate surface area is 90.2 Å². The smallest absolute Gasteiger partial charge is 0.260 e. The Morgan fingerprint density at radius 1 is 1.62 bits per heavy atom. The summed E-state index contributed by atoms with van der Waals surface area (Å²) in [5.74, 6) is 1.56. The molecule has 2 nitrogen and oxygen atoms in total. The van der Waals surface area contributed by atoms with Gasteiger partial charge in [-0.15, -0.1) is 0 Å². The van der Waals surface area contributed by atoms with E-state index >= 15 is 0 Å². The van der Waals surface area contributed by atoms with E-state index in [9.17, 15) is 0 Å². The molecule has 0 fully saturated rings. The molecule has 0 aromatic heterocycles. The Bertz CT molecular complexity index is 396. The van der Waals surface area contributed by atoms with Crippen LogP contribution in [-0.4, -0.2) is 7.11 Å². The molecule has 1 aliphatic heterocycles. The van der Waals surface area contributed by atoms with Crippen molar-refractivity contribution in [3.63, 3.8) is 0 Å². The van der Waals surface area contributed by atoms with Gasteiger partial charge in [0, 0.05) is 0 Å². The first kappa shape index (κ1) is 9.66. The van der Waals surface area contributed by atoms with Gasteiger partial charge in [0.2, 0.25) is 0 Å². The summed E-state index contributed by atoms with van der Waals surface area (Å²) in [7, 11) is 1.62. The minimum Gasteiger partial charge on any atom is -0.497 e. The molecule has 6 heteroatoms. The molecule has 1 unspecified atom stereocenters. The molecule has 0 saturated heterocycles. The largest absolute Gasteiger partial charge is 0.497 e. The molecule has 1 aromatic rings. The van der Waals surface area contributed by atoms with E-state index in [-0.39, 0.29) is 0 Å². The minimum atomic E-state index is -2.19. The first-order valence-electron chi connectivity index (χ1n) is 3.48. The summed E-state index contributed by atoms with van der Waals surface area (Å²) in [6.07, 6.45) is 0. The van der Waals surface area contributed by atoms with E-state index in [2.05, 4.69) is 0 Å². The van der Waals surface area contributed by atoms with Gasteiger partial charge in [0.15, 0.2) is 0 Å². The number of halogens is 1. The van der Waals surface area contributed by atoms with E-state index in [1.165, 1.54) is 11.4 Å². The maximum atomic E-state index is 5.95. The fraction of sp³-hybridized carbons (Fsp3) is 0.143. The summed E-state index contributed by atoms with van der Waals surface area (Å²) >= 11 is 12.4. The topological polar surface area (TPSA) is 18.5 Å². The quantitative estimate of drug-likeness (QED) is 0.710. The number of benzene rings is 1. The van der Waals surface area contributed by atoms with Crippen molar-refractivity contribution in [1.29, 1.82) is 0 Å². The number of hydrogen-bond acceptors (Lipinski definition) is 4. The molecular formula is C7H6ClO2PS2. The molecule has 2 rings (SSSR count). The molecule has 0 spiro atoms. The third kappa shape index (κ3) is 1.96. The Morgan fingerprint density at radius 3 is 3.08 bits per heavy atom. The highest BCUT2D eigenvalue weighted by Crippen LogP contribution is 2.73. The van der Waals surface area contributed by atoms with Crippen LogP contribution < -0.4 is 9.26 Å². The second-order valence-electron chi connectivity index (χ2n) is 2.43. The maximum absolute atomic E-state index is 5.95. The standard InChI is InChI=1S/C7H6ClO2PS2/c1-9-5-2-3-6-7(4-5)13-11(8,12)10-6/h2-4H,1H3. The van der Waals surface area contributed by atoms with Crippen molar-refractivity contribution in [1.82, 2.24) is 0 Å². The molecule has 70 valence electrons. The monoisotopic (exact) mass is 252 g/mol. The molecule has 0 amide bonds. The van der Waals surface area contributed by atoms with Crippen molar-refractivity contribution in [2.75, 3.05) is 7.11 Å². The zero-order valence-electron chi connectivity index (χ0n) is 6.69. The minimum absolute atomic E-state index is 0.768. The molecule has 1 aromatic carbocycles. The van der Waals surface area contributed by atoms with E-state index in [1.54, 1.807) is 7.11 Å². The Balaban J connectivity index is 2.42. The van der Waals surface area contributed by atoms with Gasteiger partial charge < -0.3 is 9.26 Å². The third-order valence-electron chi connectivity index (χ3n) is 1.57. The molecule has 0 N–H and O–H groups in total. The summed E-state index contributed by atoms with van der Waals surface area (Å²) in [5.41, 5.74) is 0. The van der Waals surface area contributed by atoms with Crippen LogP contribution in [0.1, 0.15) is 0 Å². The normalized spacial score (nSPS) is 25.1. The van der Waals surface area contributed by atoms with Crippen molar-refractivity contribution in [3.05, 3.63) is 18.2 Å². The second kappa shape index (κ2) is 3.35. The Kier molecular flexibility index (Phi) is 2.49. The number of rotatable bonds is 1. The van der Waals surface area contributed by atoms with Crippen molar-refractivity contribution in [2.24, 2.45) is 0 Å². The number of fused-ring (bicyclic) bond motifs is 1. The summed E-state index contributed by atoms with van der Waals surface area (Å²) in [5, 5.41) is 0. The van der Waals surface area contributed by atoms with Crippen LogP contribution in [0, 0.1) is 0 Å². The van der Waals surface area contributed by atoms with Gasteiger partial charge >= 0.3 is 0 Å². The lowest BCUT2D eigenvalue weighted by molar-refractivity contribution is 0.413. The first-order valence-corrected chi connectivity index (χ1v) is 8.52. The van der Waals surface area contributed by atoms with Gasteiger partial charge in [0.05, 0.1) is 12.0 Å². The van der Waals surface area contributed by atoms with Crippen molar-refractivity contribution >= 4 is 39.2 Å². The fourth-order valence-corrected chi connectivity index (χ4v) is 5.45. The van der Waals surface area contributed by atoms with Crippen LogP contribution in [0.2, 0.25) is 0 Å². The predicted octanol–water partition coefficient (Wildman–Crippen LogP) is 3.64. The third-order valence-corrected chi connectivity index (χ3v) is 5.90. The van der Waals surface area contributed by atoms with E-state index in [0.717, 1.165) is 16.4 Å². The van der Waals surface area contributed by atoms with E-state index in [0.29, 0.717) is 0 Å². The highest BCUT2D eigenvalue weighted by atomic mass is 35.7. The van der Waals surface area contributed by atoms with Gasteiger partial charge in [-0.25, -0.2) is 0 Å². The van der Waals surface area contributed by atoms with Crippen LogP contribution in [0.15, 0.2) is 23.1 Å². The van der Waals surface area contributed by atoms with E-state index < -0.39 is 4.82 Å². The van der Waals surface area contributed by atoms with Crippen LogP contribution in [-0.2, 0) is 11.8 Å². The van der Waals surface area contributed by atoms with Crippen LogP contribution in [0.25, 0.3) is 0 Å². The van der Waals surface area contributed by atoms with Gasteiger partial charge in [-0.1, -0.05) is 0 Å². The van der Waals surface area contributed by atoms with Gasteiger partial charge in [0.1, 0.15) is 11.5 Å². The summed E-state index contributed by atoms with van der Waals surface area (Å²) in [6.45, 7) is 0. The summed E-state index contributed by atoms with van der Waals surface area (Å²) in [6, 6.07) is 5.55. The second-order valence-corrected chi connectivity index (χ2v) is 11.0. The van der Waals surface area contributed by atoms with Crippen molar-refractivity contribution in [2.45, 2.75) is 4.90 Å². The van der Waals surface area contributed by atoms with Gasteiger partial charge in [-0.3, -0.25) is 0 Å². The Hall–Kier alpha value is 0.110. The van der Waals surface area contributed by atoms with Gasteiger partial charge in [-0.05, 0) is 52.6 Å². The molecule has 1 heterocycles. The fourth-order valence-electron chi connectivity index (χ4n) is 1.02. The van der Waals surface area contributed by atoms with Crippen molar-refractivity contribution in [3.8, 4) is 11.5 Å². The van der Waals surface area contributed by atoms with Gasteiger partial charge in [-0.2, -0.15) is 0 Å². The zero-order chi connectivity index (χ0) is 9.47. The van der Waals surface area contributed by atoms with Crippen LogP contribution in [0.5, 0.6) is 11.5 Å². The number of methoxy groups -OCH3 is 1. The average Bonchev–Trinajstić information content (AvgIpc) is 2.36. The molecule has 0 saturated carbocycles. The molecule has 0 bridgehead atoms. The zero-order valence-corrected chi connectivity index (χ0v) is 9.97. The summed E-state index contributed by atoms with van der Waals surface area (Å²) < 4.78 is 10.5. The maximum Gasteiger partial charge on any atom is 0.260 e. The van der Waals surface area contributed by atoms with Crippen LogP contribution in [0.4, 0.5) is 0 Å². The van der Waals surface area contributed by atoms with E-state index in [1.807, 2.05) is 18.2 Å². The number of ether oxygens (including phenoxy) is 1. The molecular weight excluding hydrogens is 247 g/mol. The molecule has 0 radical (unpaired) electrons. The van der Waals surface area contributed by atoms with Gasteiger partial charge in [0.25, 0.3) is 4.82 Å². The highest BCUT2D eigenvalue weighted by Gasteiger charge is 2.28. The molecule has 0 aliphatic carbocycles. The number of hydrogen-bond donors (Lipinski definition) is 0. The lowest BCUT2D eigenvalue weighted by Gasteiger charge is -2.02. The lowest BCUT2D eigenvalue weighted by atomic mass is 10.3. The molecule has 1 atom stereocenters. The highest BCUT2D eigenvalue weighted by molar-refractivity contribution is 8.77. The predicted molar refractivity (Wildman–Crippen MR) is 59.6 cm³/mol. The average molecular weight is 253 g/mol. The van der Waals surface area contributed by atoms with Crippen molar-refractivity contribution < 1.29 is 9.26 Å². The van der Waals surface area contributed by atoms with Crippen LogP contribution in [0.3, 0.4) is 0 Å². The lowest BCUT2D eigenvalue weighted by Crippen LogP contribution is -1.82. The Morgan fingerprint density at radius 2 is 2.38 bits per heavy atom.